The maximum Gasteiger partial charge on any atom is 0.307 e. The largest absolute Gasteiger partial charge is 0.460 e. The molecule has 1 rings (SSSR count). The van der Waals surface area contributed by atoms with Gasteiger partial charge in [0.2, 0.25) is 0 Å². The third-order valence-corrected chi connectivity index (χ3v) is 2.19. The first-order valence-corrected chi connectivity index (χ1v) is 5.88. The summed E-state index contributed by atoms with van der Waals surface area (Å²) < 4.78 is 5.23. The van der Waals surface area contributed by atoms with Gasteiger partial charge in [0.1, 0.15) is 5.60 Å². The van der Waals surface area contributed by atoms with Gasteiger partial charge in [0.05, 0.1) is 6.42 Å². The lowest BCUT2D eigenvalue weighted by Crippen LogP contribution is -2.31. The van der Waals surface area contributed by atoms with E-state index in [2.05, 4.69) is 0 Å². The van der Waals surface area contributed by atoms with E-state index < -0.39 is 5.60 Å². The molecular weight excluding hydrogens is 214 g/mol. The lowest BCUT2D eigenvalue weighted by atomic mass is 10.0. The minimum atomic E-state index is -0.441. The fourth-order valence-corrected chi connectivity index (χ4v) is 1.59. The number of ether oxygens (including phenoxy) is 1. The fraction of sp³-hybridized carbons (Fsp3) is 0.500. The summed E-state index contributed by atoms with van der Waals surface area (Å²) in [5.74, 6) is -0.235. The lowest BCUT2D eigenvalue weighted by Gasteiger charge is -2.20. The van der Waals surface area contributed by atoms with Gasteiger partial charge in [0.25, 0.3) is 0 Å². The Balaban J connectivity index is 2.40. The van der Waals surface area contributed by atoms with Crippen LogP contribution in [0.15, 0.2) is 30.3 Å². The van der Waals surface area contributed by atoms with Crippen molar-refractivity contribution in [3.8, 4) is 0 Å². The Bertz CT molecular complexity index is 354. The Morgan fingerprint density at radius 1 is 1.29 bits per heavy atom. The van der Waals surface area contributed by atoms with Gasteiger partial charge in [-0.15, -0.1) is 0 Å². The molecule has 0 amide bonds. The number of benzene rings is 1. The molecule has 94 valence electrons. The van der Waals surface area contributed by atoms with E-state index in [1.54, 1.807) is 0 Å². The van der Waals surface area contributed by atoms with Crippen LogP contribution in [0.3, 0.4) is 0 Å². The highest BCUT2D eigenvalue weighted by Crippen LogP contribution is 2.10. The predicted octanol–water partition coefficient (Wildman–Crippen LogP) is 2.29. The highest BCUT2D eigenvalue weighted by atomic mass is 16.6. The standard InChI is InChI=1S/C14H21NO2/c1-14(2,3)17-13(16)10-12(15)9-11-7-5-4-6-8-11/h4-8,12H,9-10,15H2,1-3H3/t12-/m0/s1. The highest BCUT2D eigenvalue weighted by molar-refractivity contribution is 5.70. The van der Waals surface area contributed by atoms with Crippen LogP contribution in [0.4, 0.5) is 0 Å². The average Bonchev–Trinajstić information content (AvgIpc) is 2.15. The molecule has 0 saturated carbocycles. The first kappa shape index (κ1) is 13.7. The van der Waals surface area contributed by atoms with E-state index in [1.165, 1.54) is 0 Å². The molecule has 0 radical (unpaired) electrons. The van der Waals surface area contributed by atoms with Gasteiger partial charge >= 0.3 is 5.97 Å². The van der Waals surface area contributed by atoms with Crippen molar-refractivity contribution >= 4 is 5.97 Å². The van der Waals surface area contributed by atoms with Crippen molar-refractivity contribution in [3.05, 3.63) is 35.9 Å². The second-order valence-electron chi connectivity index (χ2n) is 5.24. The summed E-state index contributed by atoms with van der Waals surface area (Å²) >= 11 is 0. The van der Waals surface area contributed by atoms with Crippen molar-refractivity contribution in [1.82, 2.24) is 0 Å². The molecule has 0 aliphatic rings. The Kier molecular flexibility index (Phi) is 4.70. The molecule has 0 unspecified atom stereocenters. The van der Waals surface area contributed by atoms with Crippen LogP contribution < -0.4 is 5.73 Å². The number of hydrogen-bond acceptors (Lipinski definition) is 3. The van der Waals surface area contributed by atoms with Crippen molar-refractivity contribution in [2.75, 3.05) is 0 Å². The van der Waals surface area contributed by atoms with Crippen LogP contribution in [0.2, 0.25) is 0 Å². The highest BCUT2D eigenvalue weighted by Gasteiger charge is 2.18. The van der Waals surface area contributed by atoms with Gasteiger partial charge in [-0.1, -0.05) is 30.3 Å². The molecule has 0 aliphatic heterocycles. The third kappa shape index (κ3) is 6.07. The number of esters is 1. The van der Waals surface area contributed by atoms with E-state index in [9.17, 15) is 4.79 Å². The zero-order valence-corrected chi connectivity index (χ0v) is 10.8. The second kappa shape index (κ2) is 5.82. The molecule has 1 aromatic rings. The van der Waals surface area contributed by atoms with E-state index in [-0.39, 0.29) is 18.4 Å². The van der Waals surface area contributed by atoms with Crippen molar-refractivity contribution < 1.29 is 9.53 Å². The molecule has 1 aromatic carbocycles. The van der Waals surface area contributed by atoms with Crippen molar-refractivity contribution in [2.45, 2.75) is 45.3 Å². The smallest absolute Gasteiger partial charge is 0.307 e. The molecule has 0 bridgehead atoms. The molecule has 17 heavy (non-hydrogen) atoms. The molecule has 3 heteroatoms. The van der Waals surface area contributed by atoms with Crippen LogP contribution in [0, 0.1) is 0 Å². The Morgan fingerprint density at radius 3 is 2.41 bits per heavy atom. The molecule has 0 fully saturated rings. The van der Waals surface area contributed by atoms with Crippen molar-refractivity contribution in [2.24, 2.45) is 5.73 Å². The van der Waals surface area contributed by atoms with Crippen LogP contribution >= 0.6 is 0 Å². The van der Waals surface area contributed by atoms with Crippen LogP contribution in [-0.2, 0) is 16.0 Å². The van der Waals surface area contributed by atoms with Crippen LogP contribution in [0.1, 0.15) is 32.8 Å². The Labute approximate surface area is 103 Å². The molecule has 2 N–H and O–H groups in total. The summed E-state index contributed by atoms with van der Waals surface area (Å²) in [4.78, 5) is 11.6. The lowest BCUT2D eigenvalue weighted by molar-refractivity contribution is -0.155. The van der Waals surface area contributed by atoms with Gasteiger partial charge in [-0.05, 0) is 32.8 Å². The molecule has 0 aromatic heterocycles. The maximum absolute atomic E-state index is 11.6. The molecular formula is C14H21NO2. The van der Waals surface area contributed by atoms with Crippen LogP contribution in [0.25, 0.3) is 0 Å². The number of nitrogens with two attached hydrogens (primary N) is 1. The van der Waals surface area contributed by atoms with Crippen molar-refractivity contribution in [1.29, 1.82) is 0 Å². The first-order chi connectivity index (χ1) is 7.87. The van der Waals surface area contributed by atoms with Crippen LogP contribution in [0.5, 0.6) is 0 Å². The van der Waals surface area contributed by atoms with E-state index in [4.69, 9.17) is 10.5 Å². The number of carbonyl (C=O) groups excluding carboxylic acids is 1. The van der Waals surface area contributed by atoms with E-state index in [0.29, 0.717) is 6.42 Å². The molecule has 1 atom stereocenters. The fourth-order valence-electron chi connectivity index (χ4n) is 1.59. The number of rotatable bonds is 4. The minimum absolute atomic E-state index is 0.188. The summed E-state index contributed by atoms with van der Waals surface area (Å²) in [5, 5.41) is 0. The van der Waals surface area contributed by atoms with Gasteiger partial charge in [-0.3, -0.25) is 4.79 Å². The monoisotopic (exact) mass is 235 g/mol. The molecule has 0 heterocycles. The maximum atomic E-state index is 11.6. The van der Waals surface area contributed by atoms with E-state index in [0.717, 1.165) is 5.56 Å². The number of hydrogen-bond donors (Lipinski definition) is 1. The average molecular weight is 235 g/mol. The molecule has 0 aliphatic carbocycles. The van der Waals surface area contributed by atoms with Gasteiger partial charge in [0, 0.05) is 6.04 Å². The topological polar surface area (TPSA) is 52.3 Å². The second-order valence-corrected chi connectivity index (χ2v) is 5.24. The zero-order chi connectivity index (χ0) is 12.9. The summed E-state index contributed by atoms with van der Waals surface area (Å²) in [6.45, 7) is 5.56. The predicted molar refractivity (Wildman–Crippen MR) is 68.6 cm³/mol. The quantitative estimate of drug-likeness (QED) is 0.815. The first-order valence-electron chi connectivity index (χ1n) is 5.88. The normalized spacial score (nSPS) is 13.2. The third-order valence-electron chi connectivity index (χ3n) is 2.19. The summed E-state index contributed by atoms with van der Waals surface area (Å²) in [5.41, 5.74) is 6.63. The zero-order valence-electron chi connectivity index (χ0n) is 10.8. The summed E-state index contributed by atoms with van der Waals surface area (Å²) in [6.07, 6.45) is 0.951. The van der Waals surface area contributed by atoms with E-state index in [1.807, 2.05) is 51.1 Å². The number of carbonyl (C=O) groups is 1. The van der Waals surface area contributed by atoms with Gasteiger partial charge in [0.15, 0.2) is 0 Å². The van der Waals surface area contributed by atoms with Crippen LogP contribution in [-0.4, -0.2) is 17.6 Å². The molecule has 0 spiro atoms. The molecule has 3 nitrogen and oxygen atoms in total. The van der Waals surface area contributed by atoms with Gasteiger partial charge in [-0.25, -0.2) is 0 Å². The summed E-state index contributed by atoms with van der Waals surface area (Å²) in [6, 6.07) is 9.73. The van der Waals surface area contributed by atoms with Crippen molar-refractivity contribution in [3.63, 3.8) is 0 Å². The Morgan fingerprint density at radius 2 is 1.88 bits per heavy atom. The summed E-state index contributed by atoms with van der Waals surface area (Å²) in [7, 11) is 0. The SMILES string of the molecule is CC(C)(C)OC(=O)C[C@@H](N)Cc1ccccc1. The van der Waals surface area contributed by atoms with E-state index >= 15 is 0 Å². The molecule has 0 saturated heterocycles. The minimum Gasteiger partial charge on any atom is -0.460 e. The van der Waals surface area contributed by atoms with Gasteiger partial charge < -0.3 is 10.5 Å². The Hall–Kier alpha value is -1.35. The van der Waals surface area contributed by atoms with Gasteiger partial charge in [-0.2, -0.15) is 0 Å².